The molecule has 9 heteroatoms. The van der Waals surface area contributed by atoms with Crippen molar-refractivity contribution in [1.82, 2.24) is 19.1 Å². The monoisotopic (exact) mass is 534 g/mol. The van der Waals surface area contributed by atoms with Gasteiger partial charge >= 0.3 is 0 Å². The molecule has 1 aliphatic heterocycles. The lowest BCUT2D eigenvalue weighted by Gasteiger charge is -2.32. The molecule has 0 spiro atoms. The van der Waals surface area contributed by atoms with E-state index in [2.05, 4.69) is 25.8 Å². The van der Waals surface area contributed by atoms with Gasteiger partial charge in [-0.25, -0.2) is 4.98 Å². The molecule has 0 bridgehead atoms. The van der Waals surface area contributed by atoms with Crippen molar-refractivity contribution in [3.8, 4) is 0 Å². The average molecular weight is 535 g/mol. The minimum absolute atomic E-state index is 0.0512. The van der Waals surface area contributed by atoms with Crippen LogP contribution in [0.25, 0.3) is 11.2 Å². The molecule has 2 aromatic carbocycles. The number of halogens is 1. The number of Topliss-reactive ketones (excluding diaryl/α,β-unsaturated/α-hetero) is 1. The molecule has 2 aromatic heterocycles. The van der Waals surface area contributed by atoms with Crippen molar-refractivity contribution >= 4 is 38.8 Å². The third kappa shape index (κ3) is 4.66. The van der Waals surface area contributed by atoms with E-state index >= 15 is 0 Å². The number of aromatic nitrogens is 4. The van der Waals surface area contributed by atoms with Crippen molar-refractivity contribution in [2.24, 2.45) is 5.73 Å². The zero-order valence-corrected chi connectivity index (χ0v) is 21.1. The molecule has 2 N–H and O–H groups in total. The predicted molar refractivity (Wildman–Crippen MR) is 140 cm³/mol. The van der Waals surface area contributed by atoms with Crippen LogP contribution in [0.3, 0.4) is 0 Å². The fraction of sp³-hybridized carbons (Fsp3) is 0.308. The van der Waals surface area contributed by atoms with E-state index in [0.717, 1.165) is 29.4 Å². The topological polar surface area (TPSA) is 99.0 Å². The number of carbonyl (C=O) groups excluding carboxylic acids is 1. The molecule has 5 rings (SSSR count). The third-order valence-electron chi connectivity index (χ3n) is 6.46. The Hall–Kier alpha value is -3.30. The summed E-state index contributed by atoms with van der Waals surface area (Å²) < 4.78 is 4.32. The van der Waals surface area contributed by atoms with E-state index in [-0.39, 0.29) is 23.9 Å². The summed E-state index contributed by atoms with van der Waals surface area (Å²) >= 11 is 3.63. The van der Waals surface area contributed by atoms with Crippen LogP contribution in [-0.4, -0.2) is 44.0 Å². The zero-order chi connectivity index (χ0) is 24.5. The summed E-state index contributed by atoms with van der Waals surface area (Å²) in [5.74, 6) is 0.998. The second kappa shape index (κ2) is 9.75. The molecule has 0 saturated carbocycles. The molecule has 1 saturated heterocycles. The summed E-state index contributed by atoms with van der Waals surface area (Å²) in [7, 11) is 0. The minimum atomic E-state index is -0.274. The van der Waals surface area contributed by atoms with E-state index in [0.29, 0.717) is 41.6 Å². The van der Waals surface area contributed by atoms with E-state index in [1.54, 1.807) is 19.1 Å². The Balaban J connectivity index is 1.65. The normalized spacial score (nSPS) is 16.1. The number of hydrogen-bond acceptors (Lipinski definition) is 6. The third-order valence-corrected chi connectivity index (χ3v) is 7.23. The maximum Gasteiger partial charge on any atom is 0.280 e. The van der Waals surface area contributed by atoms with Gasteiger partial charge in [0.15, 0.2) is 16.9 Å². The number of imidazole rings is 1. The standard InChI is InChI=1S/C26H27BrN6O2/c1-17-29-24-23(25(35)32(17)16-22(34)18-8-3-2-4-9-18)33(14-19-10-5-6-12-21(19)27)26(30-24)31-13-7-11-20(28)15-31/h2-6,8-10,12,20H,7,11,13-16,28H2,1H3/t20-/m1/s1. The van der Waals surface area contributed by atoms with Crippen LogP contribution in [0.1, 0.15) is 34.6 Å². The number of piperidine rings is 1. The van der Waals surface area contributed by atoms with E-state index in [9.17, 15) is 9.59 Å². The van der Waals surface area contributed by atoms with Crippen LogP contribution in [0.2, 0.25) is 0 Å². The summed E-state index contributed by atoms with van der Waals surface area (Å²) in [5.41, 5.74) is 8.34. The van der Waals surface area contributed by atoms with Gasteiger partial charge in [0.1, 0.15) is 5.82 Å². The highest BCUT2D eigenvalue weighted by Crippen LogP contribution is 2.26. The van der Waals surface area contributed by atoms with Gasteiger partial charge in [-0.15, -0.1) is 0 Å². The van der Waals surface area contributed by atoms with E-state index in [4.69, 9.17) is 10.7 Å². The van der Waals surface area contributed by atoms with Crippen LogP contribution in [-0.2, 0) is 13.1 Å². The van der Waals surface area contributed by atoms with Crippen molar-refractivity contribution in [1.29, 1.82) is 0 Å². The summed E-state index contributed by atoms with van der Waals surface area (Å²) in [6.45, 7) is 3.57. The molecule has 0 amide bonds. The van der Waals surface area contributed by atoms with Gasteiger partial charge in [-0.05, 0) is 31.4 Å². The first-order valence-electron chi connectivity index (χ1n) is 11.7. The van der Waals surface area contributed by atoms with Crippen LogP contribution >= 0.6 is 15.9 Å². The van der Waals surface area contributed by atoms with E-state index < -0.39 is 0 Å². The van der Waals surface area contributed by atoms with Gasteiger partial charge in [-0.3, -0.25) is 18.7 Å². The molecular formula is C26H27BrN6O2. The highest BCUT2D eigenvalue weighted by molar-refractivity contribution is 9.10. The smallest absolute Gasteiger partial charge is 0.280 e. The van der Waals surface area contributed by atoms with Crippen LogP contribution in [0.15, 0.2) is 63.9 Å². The molecule has 1 fully saturated rings. The summed E-state index contributed by atoms with van der Waals surface area (Å²) in [5, 5.41) is 0. The first kappa shape index (κ1) is 23.4. The van der Waals surface area contributed by atoms with E-state index in [1.807, 2.05) is 47.0 Å². The molecule has 3 heterocycles. The Morgan fingerprint density at radius 2 is 1.83 bits per heavy atom. The predicted octanol–water partition coefficient (Wildman–Crippen LogP) is 3.52. The number of benzene rings is 2. The van der Waals surface area contributed by atoms with E-state index in [1.165, 1.54) is 4.57 Å². The molecule has 1 atom stereocenters. The molecule has 4 aromatic rings. The van der Waals surface area contributed by atoms with Gasteiger partial charge in [0.05, 0.1) is 13.1 Å². The van der Waals surface area contributed by atoms with Crippen LogP contribution in [0.4, 0.5) is 5.95 Å². The number of fused-ring (bicyclic) bond motifs is 1. The summed E-state index contributed by atoms with van der Waals surface area (Å²) in [6, 6.07) is 17.0. The average Bonchev–Trinajstić information content (AvgIpc) is 3.21. The van der Waals surface area contributed by atoms with Gasteiger partial charge in [0.25, 0.3) is 5.56 Å². The Morgan fingerprint density at radius 3 is 2.57 bits per heavy atom. The zero-order valence-electron chi connectivity index (χ0n) is 19.5. The highest BCUT2D eigenvalue weighted by atomic mass is 79.9. The maximum absolute atomic E-state index is 13.8. The lowest BCUT2D eigenvalue weighted by molar-refractivity contribution is 0.0969. The number of nitrogens with zero attached hydrogens (tertiary/aromatic N) is 5. The summed E-state index contributed by atoms with van der Waals surface area (Å²) in [6.07, 6.45) is 1.92. The molecule has 1 aliphatic rings. The SMILES string of the molecule is Cc1nc2nc(N3CCC[C@@H](N)C3)n(Cc3ccccc3Br)c2c(=O)n1CC(=O)c1ccccc1. The number of carbonyl (C=O) groups is 1. The van der Waals surface area contributed by atoms with Gasteiger partial charge in [0, 0.05) is 29.2 Å². The fourth-order valence-corrected chi connectivity index (χ4v) is 5.04. The van der Waals surface area contributed by atoms with Gasteiger partial charge in [-0.2, -0.15) is 4.98 Å². The highest BCUT2D eigenvalue weighted by Gasteiger charge is 2.26. The van der Waals surface area contributed by atoms with Crippen LogP contribution in [0, 0.1) is 6.92 Å². The Morgan fingerprint density at radius 1 is 1.09 bits per heavy atom. The molecule has 35 heavy (non-hydrogen) atoms. The van der Waals surface area contributed by atoms with Crippen molar-refractivity contribution in [3.63, 3.8) is 0 Å². The fourth-order valence-electron chi connectivity index (χ4n) is 4.63. The Labute approximate surface area is 211 Å². The van der Waals surface area contributed by atoms with Gasteiger partial charge in [0.2, 0.25) is 5.95 Å². The van der Waals surface area contributed by atoms with Crippen molar-refractivity contribution in [2.45, 2.75) is 38.9 Å². The first-order valence-corrected chi connectivity index (χ1v) is 12.5. The van der Waals surface area contributed by atoms with Crippen LogP contribution < -0.4 is 16.2 Å². The first-order chi connectivity index (χ1) is 16.9. The lowest BCUT2D eigenvalue weighted by Crippen LogP contribution is -2.44. The molecule has 8 nitrogen and oxygen atoms in total. The Bertz CT molecular complexity index is 1450. The molecule has 0 radical (unpaired) electrons. The molecule has 180 valence electrons. The van der Waals surface area contributed by atoms with Crippen molar-refractivity contribution in [3.05, 3.63) is 86.4 Å². The number of aryl methyl sites for hydroxylation is 1. The number of anilines is 1. The number of ketones is 1. The second-order valence-corrected chi connectivity index (χ2v) is 9.80. The van der Waals surface area contributed by atoms with Crippen molar-refractivity contribution < 1.29 is 4.79 Å². The van der Waals surface area contributed by atoms with Crippen molar-refractivity contribution in [2.75, 3.05) is 18.0 Å². The number of rotatable bonds is 6. The maximum atomic E-state index is 13.8. The number of nitrogens with two attached hydrogens (primary N) is 1. The molecular weight excluding hydrogens is 508 g/mol. The summed E-state index contributed by atoms with van der Waals surface area (Å²) in [4.78, 5) is 38.3. The van der Waals surface area contributed by atoms with Crippen LogP contribution in [0.5, 0.6) is 0 Å². The Kier molecular flexibility index (Phi) is 6.53. The minimum Gasteiger partial charge on any atom is -0.341 e. The largest absolute Gasteiger partial charge is 0.341 e. The quantitative estimate of drug-likeness (QED) is 0.380. The second-order valence-electron chi connectivity index (χ2n) is 8.95. The molecule has 0 unspecified atom stereocenters. The van der Waals surface area contributed by atoms with Gasteiger partial charge in [-0.1, -0.05) is 64.5 Å². The lowest BCUT2D eigenvalue weighted by atomic mass is 10.1. The number of hydrogen-bond donors (Lipinski definition) is 1. The van der Waals surface area contributed by atoms with Gasteiger partial charge < -0.3 is 10.6 Å². The molecule has 0 aliphatic carbocycles.